The third-order valence-corrected chi connectivity index (χ3v) is 3.30. The van der Waals surface area contributed by atoms with E-state index in [1.807, 2.05) is 0 Å². The van der Waals surface area contributed by atoms with Gasteiger partial charge in [-0.3, -0.25) is 0 Å². The van der Waals surface area contributed by atoms with E-state index in [4.69, 9.17) is 5.73 Å². The van der Waals surface area contributed by atoms with E-state index in [1.165, 1.54) is 44.9 Å². The molecule has 2 rings (SSSR count). The molecule has 0 radical (unpaired) electrons. The van der Waals surface area contributed by atoms with Crippen LogP contribution in [0.1, 0.15) is 44.9 Å². The highest BCUT2D eigenvalue weighted by Gasteiger charge is 2.42. The van der Waals surface area contributed by atoms with Gasteiger partial charge in [-0.1, -0.05) is 19.3 Å². The van der Waals surface area contributed by atoms with Crippen LogP contribution < -0.4 is 5.73 Å². The molecule has 0 heterocycles. The lowest BCUT2D eigenvalue weighted by atomic mass is 9.59. The highest BCUT2D eigenvalue weighted by atomic mass is 35.5. The molecule has 1 nitrogen and oxygen atoms in total. The van der Waals surface area contributed by atoms with E-state index in [0.29, 0.717) is 6.04 Å². The molecule has 2 fully saturated rings. The van der Waals surface area contributed by atoms with Crippen LogP contribution in [0.4, 0.5) is 0 Å². The van der Waals surface area contributed by atoms with Crippen LogP contribution in [-0.2, 0) is 0 Å². The average Bonchev–Trinajstić information content (AvgIpc) is 1.87. The summed E-state index contributed by atoms with van der Waals surface area (Å²) in [6.45, 7) is 0. The monoisotopic (exact) mass is 175 g/mol. The number of rotatable bonds is 0. The van der Waals surface area contributed by atoms with Crippen molar-refractivity contribution in [3.63, 3.8) is 0 Å². The van der Waals surface area contributed by atoms with Gasteiger partial charge in [0.2, 0.25) is 0 Å². The van der Waals surface area contributed by atoms with Gasteiger partial charge in [0, 0.05) is 6.04 Å². The third kappa shape index (κ3) is 1.70. The summed E-state index contributed by atoms with van der Waals surface area (Å²) in [5.74, 6) is 0. The van der Waals surface area contributed by atoms with Crippen molar-refractivity contribution in [3.8, 4) is 0 Å². The Morgan fingerprint density at radius 1 is 1.00 bits per heavy atom. The highest BCUT2D eigenvalue weighted by molar-refractivity contribution is 5.85. The van der Waals surface area contributed by atoms with Gasteiger partial charge in [-0.25, -0.2) is 0 Å². The number of nitrogens with two attached hydrogens (primary N) is 1. The van der Waals surface area contributed by atoms with Gasteiger partial charge in [-0.2, -0.15) is 0 Å². The van der Waals surface area contributed by atoms with Crippen LogP contribution in [-0.4, -0.2) is 6.04 Å². The summed E-state index contributed by atoms with van der Waals surface area (Å²) in [6, 6.07) is 0.554. The zero-order valence-corrected chi connectivity index (χ0v) is 7.83. The molecule has 0 bridgehead atoms. The van der Waals surface area contributed by atoms with Gasteiger partial charge < -0.3 is 5.73 Å². The van der Waals surface area contributed by atoms with E-state index in [0.717, 1.165) is 5.41 Å². The summed E-state index contributed by atoms with van der Waals surface area (Å²) < 4.78 is 0. The molecule has 0 aromatic heterocycles. The number of halogens is 1. The summed E-state index contributed by atoms with van der Waals surface area (Å²) in [4.78, 5) is 0. The topological polar surface area (TPSA) is 26.0 Å². The summed E-state index contributed by atoms with van der Waals surface area (Å²) in [7, 11) is 0. The Morgan fingerprint density at radius 3 is 2.00 bits per heavy atom. The molecule has 0 atom stereocenters. The minimum absolute atomic E-state index is 0. The lowest BCUT2D eigenvalue weighted by Crippen LogP contribution is -2.46. The van der Waals surface area contributed by atoms with Gasteiger partial charge in [0.25, 0.3) is 0 Å². The maximum Gasteiger partial charge on any atom is 0.00494 e. The van der Waals surface area contributed by atoms with E-state index in [-0.39, 0.29) is 12.4 Å². The lowest BCUT2D eigenvalue weighted by Gasteiger charge is -2.49. The largest absolute Gasteiger partial charge is 0.328 e. The zero-order chi connectivity index (χ0) is 7.03. The second-order valence-corrected chi connectivity index (χ2v) is 4.23. The van der Waals surface area contributed by atoms with Crippen molar-refractivity contribution in [2.45, 2.75) is 51.0 Å². The minimum Gasteiger partial charge on any atom is -0.328 e. The first-order valence-corrected chi connectivity index (χ1v) is 4.56. The fourth-order valence-corrected chi connectivity index (χ4v) is 2.76. The molecule has 2 heteroatoms. The van der Waals surface area contributed by atoms with Crippen molar-refractivity contribution in [1.82, 2.24) is 0 Å². The number of hydrogen-bond acceptors (Lipinski definition) is 1. The normalized spacial score (nSPS) is 29.2. The van der Waals surface area contributed by atoms with Gasteiger partial charge in [-0.05, 0) is 31.1 Å². The highest BCUT2D eigenvalue weighted by Crippen LogP contribution is 2.50. The average molecular weight is 176 g/mol. The summed E-state index contributed by atoms with van der Waals surface area (Å²) in [5.41, 5.74) is 6.53. The van der Waals surface area contributed by atoms with Crippen LogP contribution in [0.15, 0.2) is 0 Å². The standard InChI is InChI=1S/C9H17N.ClH/c10-8-6-9(7-8)4-2-1-3-5-9;/h8H,1-7,10H2;1H. The predicted octanol–water partition coefficient (Wildman–Crippen LogP) is 2.48. The lowest BCUT2D eigenvalue weighted by molar-refractivity contribution is 0.0554. The van der Waals surface area contributed by atoms with Crippen molar-refractivity contribution < 1.29 is 0 Å². The molecule has 66 valence electrons. The minimum atomic E-state index is 0. The Labute approximate surface area is 75.1 Å². The molecule has 2 aliphatic rings. The predicted molar refractivity (Wildman–Crippen MR) is 50.0 cm³/mol. The molecule has 2 saturated carbocycles. The second-order valence-electron chi connectivity index (χ2n) is 4.23. The van der Waals surface area contributed by atoms with E-state index >= 15 is 0 Å². The first-order valence-electron chi connectivity index (χ1n) is 4.56. The summed E-state index contributed by atoms with van der Waals surface area (Å²) >= 11 is 0. The van der Waals surface area contributed by atoms with E-state index in [9.17, 15) is 0 Å². The fraction of sp³-hybridized carbons (Fsp3) is 1.00. The maximum absolute atomic E-state index is 5.78. The van der Waals surface area contributed by atoms with Crippen molar-refractivity contribution >= 4 is 12.4 Å². The van der Waals surface area contributed by atoms with Crippen LogP contribution in [0.5, 0.6) is 0 Å². The second kappa shape index (κ2) is 3.32. The van der Waals surface area contributed by atoms with Crippen molar-refractivity contribution in [1.29, 1.82) is 0 Å². The van der Waals surface area contributed by atoms with Gasteiger partial charge in [-0.15, -0.1) is 12.4 Å². The summed E-state index contributed by atoms with van der Waals surface area (Å²) in [6.07, 6.45) is 10.00. The van der Waals surface area contributed by atoms with Gasteiger partial charge in [0.15, 0.2) is 0 Å². The van der Waals surface area contributed by atoms with E-state index < -0.39 is 0 Å². The molecule has 0 saturated heterocycles. The van der Waals surface area contributed by atoms with Crippen molar-refractivity contribution in [2.75, 3.05) is 0 Å². The van der Waals surface area contributed by atoms with Crippen LogP contribution >= 0.6 is 12.4 Å². The molecule has 2 N–H and O–H groups in total. The van der Waals surface area contributed by atoms with E-state index in [1.54, 1.807) is 0 Å². The first kappa shape index (κ1) is 9.34. The smallest absolute Gasteiger partial charge is 0.00494 e. The van der Waals surface area contributed by atoms with Crippen LogP contribution in [0.25, 0.3) is 0 Å². The molecule has 0 aromatic rings. The Morgan fingerprint density at radius 2 is 1.55 bits per heavy atom. The fourth-order valence-electron chi connectivity index (χ4n) is 2.76. The molecule has 0 aromatic carbocycles. The quantitative estimate of drug-likeness (QED) is 0.602. The molecular weight excluding hydrogens is 158 g/mol. The first-order chi connectivity index (χ1) is 4.81. The molecule has 11 heavy (non-hydrogen) atoms. The Hall–Kier alpha value is 0.250. The molecule has 0 unspecified atom stereocenters. The van der Waals surface area contributed by atoms with E-state index in [2.05, 4.69) is 0 Å². The van der Waals surface area contributed by atoms with Crippen LogP contribution in [0.3, 0.4) is 0 Å². The summed E-state index contributed by atoms with van der Waals surface area (Å²) in [5, 5.41) is 0. The van der Waals surface area contributed by atoms with Crippen LogP contribution in [0.2, 0.25) is 0 Å². The SMILES string of the molecule is Cl.NC1CC2(CCCCC2)C1. The van der Waals surface area contributed by atoms with Crippen LogP contribution in [0, 0.1) is 5.41 Å². The Kier molecular flexibility index (Phi) is 2.82. The third-order valence-electron chi connectivity index (χ3n) is 3.30. The Bertz CT molecular complexity index is 114. The Balaban J connectivity index is 0.000000605. The molecule has 2 aliphatic carbocycles. The molecule has 0 amide bonds. The van der Waals surface area contributed by atoms with Gasteiger partial charge in [0.05, 0.1) is 0 Å². The van der Waals surface area contributed by atoms with Gasteiger partial charge >= 0.3 is 0 Å². The molecular formula is C9H18ClN. The number of hydrogen-bond donors (Lipinski definition) is 1. The molecule has 1 spiro atoms. The van der Waals surface area contributed by atoms with Crippen molar-refractivity contribution in [3.05, 3.63) is 0 Å². The molecule has 0 aliphatic heterocycles. The van der Waals surface area contributed by atoms with Crippen molar-refractivity contribution in [2.24, 2.45) is 11.1 Å². The zero-order valence-electron chi connectivity index (χ0n) is 7.01. The van der Waals surface area contributed by atoms with Gasteiger partial charge in [0.1, 0.15) is 0 Å². The maximum atomic E-state index is 5.78.